The Hall–Kier alpha value is -2.88. The predicted octanol–water partition coefficient (Wildman–Crippen LogP) is 5.83. The summed E-state index contributed by atoms with van der Waals surface area (Å²) in [7, 11) is 0. The van der Waals surface area contributed by atoms with Gasteiger partial charge in [0.05, 0.1) is 5.39 Å². The van der Waals surface area contributed by atoms with Crippen molar-refractivity contribution >= 4 is 22.5 Å². The average Bonchev–Trinajstić information content (AvgIpc) is 3.15. The third-order valence-electron chi connectivity index (χ3n) is 7.77. The van der Waals surface area contributed by atoms with Crippen LogP contribution in [0.15, 0.2) is 59.0 Å². The summed E-state index contributed by atoms with van der Waals surface area (Å²) in [5.74, 6) is 2.66. The number of hydrogen-bond donors (Lipinski definition) is 0. The fourth-order valence-electron chi connectivity index (χ4n) is 6.78. The van der Waals surface area contributed by atoms with Crippen LogP contribution in [0.4, 0.5) is 0 Å². The maximum atomic E-state index is 13.4. The SMILES string of the molecule is O=C(c1ccccc1)c1oc2ccccc2c1OCC(=O)C12CC3CC(CC(C3)C1)C2. The predicted molar refractivity (Wildman–Crippen MR) is 117 cm³/mol. The highest BCUT2D eigenvalue weighted by molar-refractivity contribution is 6.12. The van der Waals surface area contributed by atoms with Crippen LogP contribution in [0.5, 0.6) is 5.75 Å². The second-order valence-corrected chi connectivity index (χ2v) is 9.86. The van der Waals surface area contributed by atoms with Crippen molar-refractivity contribution in [1.82, 2.24) is 0 Å². The summed E-state index contributed by atoms with van der Waals surface area (Å²) in [6.45, 7) is 0.00472. The molecule has 31 heavy (non-hydrogen) atoms. The third kappa shape index (κ3) is 3.12. The summed E-state index contributed by atoms with van der Waals surface area (Å²) in [6, 6.07) is 16.5. The fourth-order valence-corrected chi connectivity index (χ4v) is 6.78. The lowest BCUT2D eigenvalue weighted by Crippen LogP contribution is -2.51. The first-order chi connectivity index (χ1) is 15.1. The first-order valence-electron chi connectivity index (χ1n) is 11.4. The zero-order valence-electron chi connectivity index (χ0n) is 17.5. The minimum Gasteiger partial charge on any atom is -0.481 e. The maximum Gasteiger partial charge on any atom is 0.232 e. The number of ketones is 2. The Labute approximate surface area is 181 Å². The van der Waals surface area contributed by atoms with E-state index >= 15 is 0 Å². The molecule has 7 rings (SSSR count). The van der Waals surface area contributed by atoms with Gasteiger partial charge in [-0.2, -0.15) is 0 Å². The molecule has 0 aliphatic heterocycles. The molecule has 0 unspecified atom stereocenters. The molecule has 2 aromatic carbocycles. The lowest BCUT2D eigenvalue weighted by molar-refractivity contribution is -0.145. The second kappa shape index (κ2) is 7.08. The number of carbonyl (C=O) groups excluding carboxylic acids is 2. The Morgan fingerprint density at radius 2 is 1.48 bits per heavy atom. The van der Waals surface area contributed by atoms with Gasteiger partial charge in [-0.25, -0.2) is 0 Å². The average molecular weight is 415 g/mol. The van der Waals surface area contributed by atoms with E-state index < -0.39 is 0 Å². The Kier molecular flexibility index (Phi) is 4.31. The van der Waals surface area contributed by atoms with Gasteiger partial charge in [0.15, 0.2) is 11.5 Å². The molecule has 158 valence electrons. The number of rotatable bonds is 6. The molecule has 4 bridgehead atoms. The first kappa shape index (κ1) is 18.9. The number of carbonyl (C=O) groups is 2. The number of benzene rings is 2. The number of hydrogen-bond acceptors (Lipinski definition) is 4. The molecule has 4 aliphatic rings. The Bertz CT molecular complexity index is 1120. The van der Waals surface area contributed by atoms with E-state index in [0.29, 0.717) is 34.6 Å². The van der Waals surface area contributed by atoms with Gasteiger partial charge in [0, 0.05) is 11.0 Å². The third-order valence-corrected chi connectivity index (χ3v) is 7.77. The van der Waals surface area contributed by atoms with Gasteiger partial charge in [0.1, 0.15) is 12.2 Å². The van der Waals surface area contributed by atoms with Crippen LogP contribution in [-0.4, -0.2) is 18.2 Å². The highest BCUT2D eigenvalue weighted by atomic mass is 16.5. The number of para-hydroxylation sites is 1. The molecular formula is C27H26O4. The van der Waals surface area contributed by atoms with Crippen LogP contribution >= 0.6 is 0 Å². The van der Waals surface area contributed by atoms with E-state index in [-0.39, 0.29) is 29.3 Å². The lowest BCUT2D eigenvalue weighted by Gasteiger charge is -2.55. The van der Waals surface area contributed by atoms with Gasteiger partial charge in [0.2, 0.25) is 11.5 Å². The van der Waals surface area contributed by atoms with Crippen molar-refractivity contribution in [2.75, 3.05) is 6.61 Å². The lowest BCUT2D eigenvalue weighted by atomic mass is 9.48. The van der Waals surface area contributed by atoms with Crippen molar-refractivity contribution in [3.8, 4) is 5.75 Å². The van der Waals surface area contributed by atoms with Gasteiger partial charge in [0.25, 0.3) is 0 Å². The van der Waals surface area contributed by atoms with Crippen LogP contribution in [0.25, 0.3) is 11.0 Å². The molecule has 0 spiro atoms. The largest absolute Gasteiger partial charge is 0.481 e. The van der Waals surface area contributed by atoms with E-state index in [1.165, 1.54) is 19.3 Å². The topological polar surface area (TPSA) is 56.5 Å². The Morgan fingerprint density at radius 1 is 0.871 bits per heavy atom. The van der Waals surface area contributed by atoms with E-state index in [2.05, 4.69) is 0 Å². The molecule has 4 heteroatoms. The molecule has 4 saturated carbocycles. The monoisotopic (exact) mass is 414 g/mol. The van der Waals surface area contributed by atoms with Crippen molar-refractivity contribution in [3.63, 3.8) is 0 Å². The molecule has 3 aromatic rings. The van der Waals surface area contributed by atoms with Crippen molar-refractivity contribution in [2.45, 2.75) is 38.5 Å². The summed E-state index contributed by atoms with van der Waals surface area (Å²) in [6.07, 6.45) is 6.95. The molecule has 4 aliphatic carbocycles. The molecular weight excluding hydrogens is 388 g/mol. The molecule has 0 atom stereocenters. The van der Waals surface area contributed by atoms with Crippen LogP contribution in [0.1, 0.15) is 54.6 Å². The highest BCUT2D eigenvalue weighted by Gasteiger charge is 2.54. The zero-order chi connectivity index (χ0) is 21.0. The van der Waals surface area contributed by atoms with Crippen molar-refractivity contribution < 1.29 is 18.7 Å². The van der Waals surface area contributed by atoms with Crippen LogP contribution in [0.3, 0.4) is 0 Å². The zero-order valence-corrected chi connectivity index (χ0v) is 17.5. The number of furan rings is 1. The standard InChI is InChI=1S/C27H26O4/c28-23(27-13-17-10-18(14-27)12-19(11-17)15-27)16-30-25-21-8-4-5-9-22(21)31-26(25)24(29)20-6-2-1-3-7-20/h1-9,17-19H,10-16H2. The molecule has 0 radical (unpaired) electrons. The smallest absolute Gasteiger partial charge is 0.232 e. The minimum absolute atomic E-state index is 0.00472. The van der Waals surface area contributed by atoms with E-state index in [1.54, 1.807) is 12.1 Å². The van der Waals surface area contributed by atoms with Gasteiger partial charge in [-0.15, -0.1) is 0 Å². The molecule has 1 heterocycles. The second-order valence-electron chi connectivity index (χ2n) is 9.86. The van der Waals surface area contributed by atoms with Gasteiger partial charge in [-0.1, -0.05) is 42.5 Å². The molecule has 0 N–H and O–H groups in total. The number of fused-ring (bicyclic) bond motifs is 1. The molecule has 1 aromatic heterocycles. The van der Waals surface area contributed by atoms with Crippen molar-refractivity contribution in [2.24, 2.45) is 23.2 Å². The molecule has 4 fully saturated rings. The Balaban J connectivity index is 1.30. The van der Waals surface area contributed by atoms with E-state index in [9.17, 15) is 9.59 Å². The summed E-state index contributed by atoms with van der Waals surface area (Å²) < 4.78 is 12.0. The fraction of sp³-hybridized carbons (Fsp3) is 0.407. The summed E-state index contributed by atoms with van der Waals surface area (Å²) in [5.41, 5.74) is 0.926. The van der Waals surface area contributed by atoms with Crippen LogP contribution < -0.4 is 4.74 Å². The van der Waals surface area contributed by atoms with Crippen molar-refractivity contribution in [3.05, 3.63) is 65.9 Å². The molecule has 4 nitrogen and oxygen atoms in total. The Morgan fingerprint density at radius 3 is 2.16 bits per heavy atom. The highest BCUT2D eigenvalue weighted by Crippen LogP contribution is 2.60. The van der Waals surface area contributed by atoms with Crippen LogP contribution in [0.2, 0.25) is 0 Å². The maximum absolute atomic E-state index is 13.4. The number of Topliss-reactive ketones (excluding diaryl/α,β-unsaturated/α-hetero) is 1. The van der Waals surface area contributed by atoms with E-state index in [1.807, 2.05) is 42.5 Å². The minimum atomic E-state index is -0.228. The summed E-state index contributed by atoms with van der Waals surface area (Å²) in [5, 5.41) is 0.736. The quantitative estimate of drug-likeness (QED) is 0.476. The van der Waals surface area contributed by atoms with Gasteiger partial charge >= 0.3 is 0 Å². The van der Waals surface area contributed by atoms with Gasteiger partial charge in [-0.3, -0.25) is 9.59 Å². The van der Waals surface area contributed by atoms with Gasteiger partial charge < -0.3 is 9.15 Å². The normalized spacial score (nSPS) is 28.7. The molecule has 0 amide bonds. The van der Waals surface area contributed by atoms with Crippen LogP contribution in [-0.2, 0) is 4.79 Å². The van der Waals surface area contributed by atoms with E-state index in [4.69, 9.17) is 9.15 Å². The summed E-state index contributed by atoms with van der Waals surface area (Å²) >= 11 is 0. The number of ether oxygens (including phenoxy) is 1. The first-order valence-corrected chi connectivity index (χ1v) is 11.4. The van der Waals surface area contributed by atoms with Gasteiger partial charge in [-0.05, 0) is 68.4 Å². The van der Waals surface area contributed by atoms with E-state index in [0.717, 1.165) is 24.6 Å². The van der Waals surface area contributed by atoms with Crippen LogP contribution in [0, 0.1) is 23.2 Å². The van der Waals surface area contributed by atoms with Crippen molar-refractivity contribution in [1.29, 1.82) is 0 Å². The molecule has 0 saturated heterocycles. The summed E-state index contributed by atoms with van der Waals surface area (Å²) in [4.78, 5) is 26.6.